The molecule has 0 amide bonds. The van der Waals surface area contributed by atoms with Crippen LogP contribution in [0.2, 0.25) is 0 Å². The molecular formula is C54H110CaO6Zn. The van der Waals surface area contributed by atoms with E-state index in [0.29, 0.717) is 19.3 Å². The van der Waals surface area contributed by atoms with Crippen molar-refractivity contribution in [3.8, 4) is 0 Å². The van der Waals surface area contributed by atoms with E-state index in [0.717, 1.165) is 38.5 Å². The molecule has 62 heavy (non-hydrogen) atoms. The van der Waals surface area contributed by atoms with Gasteiger partial charge in [0.15, 0.2) is 0 Å². The summed E-state index contributed by atoms with van der Waals surface area (Å²) >= 11 is 0. The Hall–Kier alpha value is 0.293. The molecule has 6 nitrogen and oxygen atoms in total. The molecule has 0 radical (unpaired) electrons. The summed E-state index contributed by atoms with van der Waals surface area (Å²) in [7, 11) is 0. The van der Waals surface area contributed by atoms with Gasteiger partial charge in [-0.25, -0.2) is 0 Å². The normalized spacial score (nSPS) is 10.5. The van der Waals surface area contributed by atoms with Crippen molar-refractivity contribution in [1.29, 1.82) is 0 Å². The Morgan fingerprint density at radius 2 is 0.323 bits per heavy atom. The number of rotatable bonds is 48. The largest absolute Gasteiger partial charge is 0 e. The Morgan fingerprint density at radius 1 is 0.226 bits per heavy atom. The van der Waals surface area contributed by atoms with Gasteiger partial charge in [0, 0.05) is 38.7 Å². The minimum Gasteiger partial charge on any atom is 0 e. The molecule has 0 aliphatic carbocycles. The fraction of sp³-hybridized carbons (Fsp3) is 0.944. The van der Waals surface area contributed by atoms with Crippen LogP contribution in [0.4, 0.5) is 0 Å². The van der Waals surface area contributed by atoms with Crippen LogP contribution in [0.25, 0.3) is 0 Å². The van der Waals surface area contributed by atoms with Gasteiger partial charge in [0.05, 0.1) is 0 Å². The van der Waals surface area contributed by atoms with Crippen molar-refractivity contribution in [3.05, 3.63) is 0 Å². The number of carbonyl (C=O) groups is 3. The Balaban J connectivity index is -0.000000258. The molecule has 3 N–H and O–H groups in total. The molecule has 0 aliphatic heterocycles. The SMILES string of the molecule is CCCCCCCCCCCCCCCCCC(=O)O.CCCCCCCCCCCCCCCCCC(=O)O.CCCCCCCCCCCCCCCCCC(=O)O.[CaH2].[Zn]. The molecule has 0 heterocycles. The molecule has 0 rings (SSSR count). The molecule has 0 aliphatic rings. The van der Waals surface area contributed by atoms with Gasteiger partial charge in [-0.15, -0.1) is 0 Å². The molecule has 366 valence electrons. The molecule has 0 aromatic rings. The molecule has 0 spiro atoms. The standard InChI is InChI=1S/3C18H36O2.Ca.Zn.2H/c3*1-2-3-4-5-6-7-8-9-10-11-12-13-14-15-16-17-18(19)20;;;;/h3*2-17H2,1H3,(H,19,20);;;;. The van der Waals surface area contributed by atoms with Gasteiger partial charge < -0.3 is 15.3 Å². The first-order chi connectivity index (χ1) is 29.3. The third-order valence-corrected chi connectivity index (χ3v) is 12.0. The molecule has 0 fully saturated rings. The Morgan fingerprint density at radius 3 is 0.419 bits per heavy atom. The van der Waals surface area contributed by atoms with Crippen molar-refractivity contribution >= 4 is 55.6 Å². The molecule has 0 saturated carbocycles. The first kappa shape index (κ1) is 71.3. The molecular weight excluding hydrogens is 850 g/mol. The average Bonchev–Trinajstić information content (AvgIpc) is 3.22. The van der Waals surface area contributed by atoms with Gasteiger partial charge in [-0.1, -0.05) is 290 Å². The van der Waals surface area contributed by atoms with E-state index >= 15 is 0 Å². The number of unbranched alkanes of at least 4 members (excludes halogenated alkanes) is 42. The second-order valence-corrected chi connectivity index (χ2v) is 18.3. The summed E-state index contributed by atoms with van der Waals surface area (Å²) in [4.78, 5) is 31.0. The maximum absolute atomic E-state index is 10.3. The van der Waals surface area contributed by atoms with Gasteiger partial charge >= 0.3 is 55.6 Å². The zero-order chi connectivity index (χ0) is 44.7. The number of hydrogen-bond acceptors (Lipinski definition) is 3. The zero-order valence-corrected chi connectivity index (χ0v) is 44.7. The monoisotopic (exact) mass is 959 g/mol. The summed E-state index contributed by atoms with van der Waals surface area (Å²) in [5.74, 6) is -1.96. The van der Waals surface area contributed by atoms with E-state index in [9.17, 15) is 14.4 Å². The van der Waals surface area contributed by atoms with Crippen LogP contribution in [-0.2, 0) is 33.9 Å². The summed E-state index contributed by atoms with van der Waals surface area (Å²) in [5, 5.41) is 25.6. The van der Waals surface area contributed by atoms with Crippen LogP contribution >= 0.6 is 0 Å². The van der Waals surface area contributed by atoms with Gasteiger partial charge in [-0.2, -0.15) is 0 Å². The summed E-state index contributed by atoms with van der Waals surface area (Å²) in [5.41, 5.74) is 0. The number of hydrogen-bond donors (Lipinski definition) is 3. The van der Waals surface area contributed by atoms with E-state index in [2.05, 4.69) is 20.8 Å². The quantitative estimate of drug-likeness (QED) is 0.0414. The van der Waals surface area contributed by atoms with Crippen molar-refractivity contribution in [3.63, 3.8) is 0 Å². The van der Waals surface area contributed by atoms with E-state index in [4.69, 9.17) is 15.3 Å². The van der Waals surface area contributed by atoms with Crippen LogP contribution < -0.4 is 0 Å². The van der Waals surface area contributed by atoms with Crippen molar-refractivity contribution in [2.24, 2.45) is 0 Å². The average molecular weight is 961 g/mol. The van der Waals surface area contributed by atoms with Crippen molar-refractivity contribution in [2.45, 2.75) is 329 Å². The summed E-state index contributed by atoms with van der Waals surface area (Å²) < 4.78 is 0. The smallest absolute Gasteiger partial charge is 0 e. The van der Waals surface area contributed by atoms with Crippen LogP contribution in [0.1, 0.15) is 329 Å². The first-order valence-electron chi connectivity index (χ1n) is 27.0. The maximum Gasteiger partial charge on any atom is 0 e. The topological polar surface area (TPSA) is 112 Å². The van der Waals surface area contributed by atoms with Crippen LogP contribution in [0.3, 0.4) is 0 Å². The van der Waals surface area contributed by atoms with Crippen molar-refractivity contribution in [1.82, 2.24) is 0 Å². The Bertz CT molecular complexity index is 724. The van der Waals surface area contributed by atoms with Gasteiger partial charge in [0.2, 0.25) is 0 Å². The van der Waals surface area contributed by atoms with Gasteiger partial charge in [-0.3, -0.25) is 14.4 Å². The zero-order valence-electron chi connectivity index (χ0n) is 41.7. The first-order valence-corrected chi connectivity index (χ1v) is 27.0. The molecule has 0 bridgehead atoms. The van der Waals surface area contributed by atoms with E-state index < -0.39 is 17.9 Å². The van der Waals surface area contributed by atoms with Gasteiger partial charge in [0.25, 0.3) is 0 Å². The fourth-order valence-corrected chi connectivity index (χ4v) is 7.94. The molecule has 0 atom stereocenters. The summed E-state index contributed by atoms with van der Waals surface area (Å²) in [6.45, 7) is 6.81. The molecule has 0 aromatic carbocycles. The Kier molecular flexibility index (Phi) is 78.1. The number of aliphatic carboxylic acids is 3. The van der Waals surface area contributed by atoms with Crippen molar-refractivity contribution < 1.29 is 49.2 Å². The van der Waals surface area contributed by atoms with E-state index in [1.165, 1.54) is 250 Å². The molecule has 0 aromatic heterocycles. The van der Waals surface area contributed by atoms with Crippen LogP contribution in [0.15, 0.2) is 0 Å². The van der Waals surface area contributed by atoms with Crippen molar-refractivity contribution in [2.75, 3.05) is 0 Å². The predicted octanol–water partition coefficient (Wildman–Crippen LogP) is 18.1. The summed E-state index contributed by atoms with van der Waals surface area (Å²) in [6.07, 6.45) is 60.6. The second-order valence-electron chi connectivity index (χ2n) is 18.3. The second kappa shape index (κ2) is 67.9. The van der Waals surface area contributed by atoms with Crippen LogP contribution in [0.5, 0.6) is 0 Å². The number of carboxylic acids is 3. The predicted molar refractivity (Wildman–Crippen MR) is 270 cm³/mol. The fourth-order valence-electron chi connectivity index (χ4n) is 7.94. The third-order valence-electron chi connectivity index (χ3n) is 12.0. The van der Waals surface area contributed by atoms with Gasteiger partial charge in [0.1, 0.15) is 0 Å². The Labute approximate surface area is 430 Å². The van der Waals surface area contributed by atoms with E-state index in [1.807, 2.05) is 0 Å². The van der Waals surface area contributed by atoms with Crippen LogP contribution in [-0.4, -0.2) is 71.0 Å². The third kappa shape index (κ3) is 80.6. The molecule has 8 heteroatoms. The van der Waals surface area contributed by atoms with Gasteiger partial charge in [-0.05, 0) is 19.3 Å². The minimum atomic E-state index is -0.653. The van der Waals surface area contributed by atoms with E-state index in [-0.39, 0.29) is 57.2 Å². The van der Waals surface area contributed by atoms with E-state index in [1.54, 1.807) is 0 Å². The maximum atomic E-state index is 10.3. The van der Waals surface area contributed by atoms with Crippen LogP contribution in [0, 0.1) is 0 Å². The summed E-state index contributed by atoms with van der Waals surface area (Å²) in [6, 6.07) is 0. The molecule has 0 unspecified atom stereocenters. The minimum absolute atomic E-state index is 0. The number of carboxylic acid groups (broad SMARTS) is 3. The molecule has 0 saturated heterocycles.